The fourth-order valence-electron chi connectivity index (χ4n) is 0.855. The third-order valence-electron chi connectivity index (χ3n) is 1.36. The molecule has 1 amide bonds. The molecule has 0 aliphatic heterocycles. The van der Waals surface area contributed by atoms with Crippen LogP contribution in [0.5, 0.6) is 0 Å². The third-order valence-corrected chi connectivity index (χ3v) is 1.36. The highest BCUT2D eigenvalue weighted by Gasteiger charge is 2.15. The van der Waals surface area contributed by atoms with E-state index >= 15 is 0 Å². The van der Waals surface area contributed by atoms with E-state index in [2.05, 4.69) is 15.8 Å². The molecule has 1 heterocycles. The van der Waals surface area contributed by atoms with Crippen LogP contribution in [-0.4, -0.2) is 16.7 Å². The Kier molecular flexibility index (Phi) is 3.49. The molecule has 0 spiro atoms. The molecule has 1 rings (SSSR count). The first-order chi connectivity index (χ1) is 6.97. The highest BCUT2D eigenvalue weighted by atomic mass is 16.6. The molecule has 0 bridgehead atoms. The SMILES string of the molecule is CC(C)(C)OC(=O)NNc1ccccn1. The van der Waals surface area contributed by atoms with Gasteiger partial charge in [-0.1, -0.05) is 6.07 Å². The number of carbonyl (C=O) groups excluding carboxylic acids is 1. The van der Waals surface area contributed by atoms with Crippen molar-refractivity contribution in [2.45, 2.75) is 26.4 Å². The molecule has 5 heteroatoms. The van der Waals surface area contributed by atoms with Crippen LogP contribution in [-0.2, 0) is 4.74 Å². The van der Waals surface area contributed by atoms with E-state index in [-0.39, 0.29) is 0 Å². The van der Waals surface area contributed by atoms with Gasteiger partial charge in [-0.15, -0.1) is 0 Å². The molecule has 0 aliphatic carbocycles. The number of hydrogen-bond donors (Lipinski definition) is 2. The number of hydrogen-bond acceptors (Lipinski definition) is 4. The standard InChI is InChI=1S/C10H15N3O2/c1-10(2,3)15-9(14)13-12-8-6-4-5-7-11-8/h4-7H,1-3H3,(H,11,12)(H,13,14). The summed E-state index contributed by atoms with van der Waals surface area (Å²) in [6.45, 7) is 5.40. The molecule has 1 aromatic rings. The van der Waals surface area contributed by atoms with Crippen LogP contribution in [0.1, 0.15) is 20.8 Å². The Bertz CT molecular complexity index is 319. The molecule has 0 fully saturated rings. The van der Waals surface area contributed by atoms with Crippen molar-refractivity contribution in [3.05, 3.63) is 24.4 Å². The zero-order chi connectivity index (χ0) is 11.3. The first kappa shape index (κ1) is 11.3. The monoisotopic (exact) mass is 209 g/mol. The number of hydrazine groups is 1. The van der Waals surface area contributed by atoms with Gasteiger partial charge in [0.2, 0.25) is 0 Å². The molecular weight excluding hydrogens is 194 g/mol. The summed E-state index contributed by atoms with van der Waals surface area (Å²) in [5.41, 5.74) is 4.51. The second-order valence-electron chi connectivity index (χ2n) is 3.97. The van der Waals surface area contributed by atoms with E-state index < -0.39 is 11.7 Å². The van der Waals surface area contributed by atoms with E-state index in [0.717, 1.165) is 0 Å². The Morgan fingerprint density at radius 1 is 1.40 bits per heavy atom. The first-order valence-corrected chi connectivity index (χ1v) is 4.63. The first-order valence-electron chi connectivity index (χ1n) is 4.63. The van der Waals surface area contributed by atoms with Gasteiger partial charge in [0.25, 0.3) is 0 Å². The molecule has 0 saturated carbocycles. The molecule has 1 aromatic heterocycles. The van der Waals surface area contributed by atoms with Crippen molar-refractivity contribution in [3.8, 4) is 0 Å². The Morgan fingerprint density at radius 3 is 2.67 bits per heavy atom. The minimum Gasteiger partial charge on any atom is -0.443 e. The molecule has 0 radical (unpaired) electrons. The van der Waals surface area contributed by atoms with E-state index in [1.807, 2.05) is 6.07 Å². The summed E-state index contributed by atoms with van der Waals surface area (Å²) in [4.78, 5) is 15.2. The number of rotatable bonds is 2. The van der Waals surface area contributed by atoms with Gasteiger partial charge < -0.3 is 4.74 Å². The number of nitrogens with zero attached hydrogens (tertiary/aromatic N) is 1. The van der Waals surface area contributed by atoms with Gasteiger partial charge >= 0.3 is 6.09 Å². The summed E-state index contributed by atoms with van der Waals surface area (Å²) in [5.74, 6) is 0.559. The Hall–Kier alpha value is -1.78. The van der Waals surface area contributed by atoms with Crippen molar-refractivity contribution in [3.63, 3.8) is 0 Å². The number of carbonyl (C=O) groups is 1. The largest absolute Gasteiger partial charge is 0.443 e. The smallest absolute Gasteiger partial charge is 0.426 e. The summed E-state index contributed by atoms with van der Waals surface area (Å²) in [5, 5.41) is 0. The average Bonchev–Trinajstić information content (AvgIpc) is 2.14. The maximum Gasteiger partial charge on any atom is 0.426 e. The summed E-state index contributed by atoms with van der Waals surface area (Å²) in [6, 6.07) is 5.34. The number of ether oxygens (including phenoxy) is 1. The lowest BCUT2D eigenvalue weighted by atomic mass is 10.2. The summed E-state index contributed by atoms with van der Waals surface area (Å²) < 4.78 is 5.02. The van der Waals surface area contributed by atoms with Crippen LogP contribution < -0.4 is 10.9 Å². The van der Waals surface area contributed by atoms with Crippen molar-refractivity contribution in [2.75, 3.05) is 5.43 Å². The summed E-state index contributed by atoms with van der Waals surface area (Å²) in [7, 11) is 0. The molecule has 0 aromatic carbocycles. The van der Waals surface area contributed by atoms with E-state index in [0.29, 0.717) is 5.82 Å². The van der Waals surface area contributed by atoms with Crippen molar-refractivity contribution < 1.29 is 9.53 Å². The summed E-state index contributed by atoms with van der Waals surface area (Å²) in [6.07, 6.45) is 1.09. The maximum absolute atomic E-state index is 11.2. The zero-order valence-electron chi connectivity index (χ0n) is 9.07. The van der Waals surface area contributed by atoms with Crippen molar-refractivity contribution in [2.24, 2.45) is 0 Å². The van der Waals surface area contributed by atoms with Crippen LogP contribution in [0.15, 0.2) is 24.4 Å². The molecule has 82 valence electrons. The van der Waals surface area contributed by atoms with Crippen LogP contribution in [0.25, 0.3) is 0 Å². The van der Waals surface area contributed by atoms with Crippen LogP contribution in [0.2, 0.25) is 0 Å². The van der Waals surface area contributed by atoms with E-state index in [1.54, 1.807) is 39.1 Å². The normalized spacial score (nSPS) is 10.6. The number of aromatic nitrogens is 1. The molecule has 0 saturated heterocycles. The van der Waals surface area contributed by atoms with E-state index in [1.165, 1.54) is 0 Å². The van der Waals surface area contributed by atoms with Gasteiger partial charge in [0.1, 0.15) is 11.4 Å². The third kappa shape index (κ3) is 4.85. The fraction of sp³-hybridized carbons (Fsp3) is 0.400. The molecular formula is C10H15N3O2. The van der Waals surface area contributed by atoms with Crippen molar-refractivity contribution >= 4 is 11.9 Å². The number of nitrogens with one attached hydrogen (secondary N) is 2. The number of anilines is 1. The van der Waals surface area contributed by atoms with Crippen LogP contribution in [0.4, 0.5) is 10.6 Å². The van der Waals surface area contributed by atoms with Gasteiger partial charge in [0.15, 0.2) is 0 Å². The fourth-order valence-corrected chi connectivity index (χ4v) is 0.855. The van der Waals surface area contributed by atoms with Gasteiger partial charge in [-0.25, -0.2) is 15.2 Å². The Labute approximate surface area is 88.8 Å². The van der Waals surface area contributed by atoms with Crippen LogP contribution in [0, 0.1) is 0 Å². The lowest BCUT2D eigenvalue weighted by Gasteiger charge is -2.19. The molecule has 0 aliphatic rings. The number of amides is 1. The van der Waals surface area contributed by atoms with Crippen molar-refractivity contribution in [1.29, 1.82) is 0 Å². The second kappa shape index (κ2) is 4.63. The quantitative estimate of drug-likeness (QED) is 0.730. The lowest BCUT2D eigenvalue weighted by molar-refractivity contribution is 0.0541. The Morgan fingerprint density at radius 2 is 2.13 bits per heavy atom. The summed E-state index contributed by atoms with van der Waals surface area (Å²) >= 11 is 0. The highest BCUT2D eigenvalue weighted by molar-refractivity contribution is 5.69. The molecule has 2 N–H and O–H groups in total. The predicted octanol–water partition coefficient (Wildman–Crippen LogP) is 1.93. The molecule has 5 nitrogen and oxygen atoms in total. The van der Waals surface area contributed by atoms with Gasteiger partial charge in [0, 0.05) is 6.20 Å². The van der Waals surface area contributed by atoms with Gasteiger partial charge in [0.05, 0.1) is 0 Å². The lowest BCUT2D eigenvalue weighted by Crippen LogP contribution is -2.36. The minimum atomic E-state index is -0.534. The van der Waals surface area contributed by atoms with E-state index in [4.69, 9.17) is 4.74 Å². The average molecular weight is 209 g/mol. The highest BCUT2D eigenvalue weighted by Crippen LogP contribution is 2.06. The number of pyridine rings is 1. The molecule has 0 atom stereocenters. The Balaban J connectivity index is 2.35. The minimum absolute atomic E-state index is 0.504. The van der Waals surface area contributed by atoms with Crippen molar-refractivity contribution in [1.82, 2.24) is 10.4 Å². The van der Waals surface area contributed by atoms with E-state index in [9.17, 15) is 4.79 Å². The van der Waals surface area contributed by atoms with Gasteiger partial charge in [-0.2, -0.15) is 0 Å². The van der Waals surface area contributed by atoms with Gasteiger partial charge in [-0.05, 0) is 32.9 Å². The molecule has 0 unspecified atom stereocenters. The maximum atomic E-state index is 11.2. The van der Waals surface area contributed by atoms with Gasteiger partial charge in [-0.3, -0.25) is 5.43 Å². The topological polar surface area (TPSA) is 63.2 Å². The van der Waals surface area contributed by atoms with Crippen LogP contribution >= 0.6 is 0 Å². The predicted molar refractivity (Wildman–Crippen MR) is 57.2 cm³/mol. The zero-order valence-corrected chi connectivity index (χ0v) is 9.07. The molecule has 15 heavy (non-hydrogen) atoms. The second-order valence-corrected chi connectivity index (χ2v) is 3.97. The van der Waals surface area contributed by atoms with Crippen LogP contribution in [0.3, 0.4) is 0 Å².